The van der Waals surface area contributed by atoms with Crippen LogP contribution in [0.4, 0.5) is 4.39 Å². The molecule has 0 amide bonds. The molecular weight excluding hydrogens is 225 g/mol. The third kappa shape index (κ3) is 3.76. The SMILES string of the molecule is CNCC(Cc1ccc(Cl)cc1F)C(C)C. The van der Waals surface area contributed by atoms with Crippen LogP contribution in [0.15, 0.2) is 18.2 Å². The second-order valence-electron chi connectivity index (χ2n) is 4.50. The van der Waals surface area contributed by atoms with E-state index in [0.29, 0.717) is 16.9 Å². The van der Waals surface area contributed by atoms with Gasteiger partial charge in [0.05, 0.1) is 0 Å². The van der Waals surface area contributed by atoms with Crippen molar-refractivity contribution in [1.29, 1.82) is 0 Å². The van der Waals surface area contributed by atoms with Crippen LogP contribution in [-0.2, 0) is 6.42 Å². The Kier molecular flexibility index (Phi) is 5.23. The molecule has 1 nitrogen and oxygen atoms in total. The van der Waals surface area contributed by atoms with Gasteiger partial charge in [-0.25, -0.2) is 4.39 Å². The maximum atomic E-state index is 13.6. The molecule has 1 N–H and O–H groups in total. The van der Waals surface area contributed by atoms with E-state index in [4.69, 9.17) is 11.6 Å². The number of halogens is 2. The van der Waals surface area contributed by atoms with E-state index in [2.05, 4.69) is 19.2 Å². The van der Waals surface area contributed by atoms with Gasteiger partial charge in [0.25, 0.3) is 0 Å². The molecule has 0 bridgehead atoms. The minimum atomic E-state index is -0.200. The Hall–Kier alpha value is -0.600. The van der Waals surface area contributed by atoms with E-state index in [1.165, 1.54) is 6.07 Å². The topological polar surface area (TPSA) is 12.0 Å². The minimum Gasteiger partial charge on any atom is -0.319 e. The third-order valence-corrected chi connectivity index (χ3v) is 3.14. The molecule has 1 aromatic rings. The first-order chi connectivity index (χ1) is 7.54. The van der Waals surface area contributed by atoms with Crippen molar-refractivity contribution in [3.05, 3.63) is 34.6 Å². The molecule has 0 aliphatic rings. The lowest BCUT2D eigenvalue weighted by molar-refractivity contribution is 0.366. The molecule has 1 aromatic carbocycles. The summed E-state index contributed by atoms with van der Waals surface area (Å²) < 4.78 is 13.6. The lowest BCUT2D eigenvalue weighted by Crippen LogP contribution is -2.25. The van der Waals surface area contributed by atoms with Crippen LogP contribution in [-0.4, -0.2) is 13.6 Å². The molecule has 0 saturated carbocycles. The Labute approximate surface area is 102 Å². The largest absolute Gasteiger partial charge is 0.319 e. The molecule has 16 heavy (non-hydrogen) atoms. The summed E-state index contributed by atoms with van der Waals surface area (Å²) in [5.74, 6) is 0.775. The summed E-state index contributed by atoms with van der Waals surface area (Å²) in [6, 6.07) is 4.91. The van der Waals surface area contributed by atoms with Crippen LogP contribution in [0.1, 0.15) is 19.4 Å². The quantitative estimate of drug-likeness (QED) is 0.835. The van der Waals surface area contributed by atoms with Crippen molar-refractivity contribution < 1.29 is 4.39 Å². The molecule has 3 heteroatoms. The second-order valence-corrected chi connectivity index (χ2v) is 4.94. The van der Waals surface area contributed by atoms with E-state index in [-0.39, 0.29) is 5.82 Å². The standard InChI is InChI=1S/C13H19ClFN/c1-9(2)11(8-16-3)6-10-4-5-12(14)7-13(10)15/h4-5,7,9,11,16H,6,8H2,1-3H3. The lowest BCUT2D eigenvalue weighted by atomic mass is 9.89. The number of rotatable bonds is 5. The molecule has 0 saturated heterocycles. The summed E-state index contributed by atoms with van der Waals surface area (Å²) >= 11 is 5.72. The Morgan fingerprint density at radius 3 is 2.56 bits per heavy atom. The van der Waals surface area contributed by atoms with Crippen molar-refractivity contribution in [3.63, 3.8) is 0 Å². The van der Waals surface area contributed by atoms with E-state index < -0.39 is 0 Å². The number of hydrogen-bond donors (Lipinski definition) is 1. The molecule has 1 atom stereocenters. The molecule has 0 aliphatic heterocycles. The van der Waals surface area contributed by atoms with Gasteiger partial charge in [0.1, 0.15) is 5.82 Å². The highest BCUT2D eigenvalue weighted by Gasteiger charge is 2.15. The van der Waals surface area contributed by atoms with Gasteiger partial charge in [-0.1, -0.05) is 31.5 Å². The summed E-state index contributed by atoms with van der Waals surface area (Å²) in [6.45, 7) is 5.23. The molecule has 1 rings (SSSR count). The predicted octanol–water partition coefficient (Wildman–Crippen LogP) is 3.51. The zero-order chi connectivity index (χ0) is 12.1. The van der Waals surface area contributed by atoms with Crippen molar-refractivity contribution in [2.45, 2.75) is 20.3 Å². The zero-order valence-electron chi connectivity index (χ0n) is 10.1. The Morgan fingerprint density at radius 2 is 2.06 bits per heavy atom. The van der Waals surface area contributed by atoms with Gasteiger partial charge in [0.15, 0.2) is 0 Å². The molecule has 0 heterocycles. The average molecular weight is 244 g/mol. The number of nitrogens with one attached hydrogen (secondary N) is 1. The summed E-state index contributed by atoms with van der Waals surface area (Å²) in [6.07, 6.45) is 0.751. The first kappa shape index (κ1) is 13.5. The first-order valence-corrected chi connectivity index (χ1v) is 6.01. The zero-order valence-corrected chi connectivity index (χ0v) is 10.8. The van der Waals surface area contributed by atoms with Crippen LogP contribution in [0.5, 0.6) is 0 Å². The summed E-state index contributed by atoms with van der Waals surface area (Å²) in [4.78, 5) is 0. The van der Waals surface area contributed by atoms with E-state index in [9.17, 15) is 4.39 Å². The van der Waals surface area contributed by atoms with Crippen LogP contribution in [0, 0.1) is 17.7 Å². The third-order valence-electron chi connectivity index (χ3n) is 2.91. The number of benzene rings is 1. The Bertz CT molecular complexity index is 339. The highest BCUT2D eigenvalue weighted by atomic mass is 35.5. The van der Waals surface area contributed by atoms with Crippen LogP contribution in [0.25, 0.3) is 0 Å². The fraction of sp³-hybridized carbons (Fsp3) is 0.538. The number of hydrogen-bond acceptors (Lipinski definition) is 1. The van der Waals surface area contributed by atoms with Crippen LogP contribution >= 0.6 is 11.6 Å². The molecule has 0 fully saturated rings. The average Bonchev–Trinajstić information content (AvgIpc) is 2.20. The Morgan fingerprint density at radius 1 is 1.38 bits per heavy atom. The fourth-order valence-electron chi connectivity index (χ4n) is 1.78. The summed E-state index contributed by atoms with van der Waals surface area (Å²) in [5.41, 5.74) is 0.748. The summed E-state index contributed by atoms with van der Waals surface area (Å²) in [5, 5.41) is 3.61. The molecule has 0 aromatic heterocycles. The van der Waals surface area contributed by atoms with E-state index in [1.807, 2.05) is 7.05 Å². The molecule has 90 valence electrons. The van der Waals surface area contributed by atoms with Crippen LogP contribution < -0.4 is 5.32 Å². The van der Waals surface area contributed by atoms with Crippen molar-refractivity contribution >= 4 is 11.6 Å². The maximum absolute atomic E-state index is 13.6. The molecule has 0 aliphatic carbocycles. The van der Waals surface area contributed by atoms with Gasteiger partial charge in [-0.2, -0.15) is 0 Å². The molecule has 0 radical (unpaired) electrons. The maximum Gasteiger partial charge on any atom is 0.127 e. The molecule has 0 spiro atoms. The van der Waals surface area contributed by atoms with E-state index >= 15 is 0 Å². The first-order valence-electron chi connectivity index (χ1n) is 5.63. The van der Waals surface area contributed by atoms with Gasteiger partial charge in [0, 0.05) is 5.02 Å². The van der Waals surface area contributed by atoms with Gasteiger partial charge in [0.2, 0.25) is 0 Å². The second kappa shape index (κ2) is 6.21. The highest BCUT2D eigenvalue weighted by molar-refractivity contribution is 6.30. The van der Waals surface area contributed by atoms with E-state index in [1.54, 1.807) is 12.1 Å². The van der Waals surface area contributed by atoms with Gasteiger partial charge in [-0.3, -0.25) is 0 Å². The summed E-state index contributed by atoms with van der Waals surface area (Å²) in [7, 11) is 1.92. The lowest BCUT2D eigenvalue weighted by Gasteiger charge is -2.20. The van der Waals surface area contributed by atoms with Crippen molar-refractivity contribution in [3.8, 4) is 0 Å². The monoisotopic (exact) mass is 243 g/mol. The van der Waals surface area contributed by atoms with E-state index in [0.717, 1.165) is 18.5 Å². The molecule has 1 unspecified atom stereocenters. The predicted molar refractivity (Wildman–Crippen MR) is 67.4 cm³/mol. The normalized spacial score (nSPS) is 13.1. The molecular formula is C13H19ClFN. The van der Waals surface area contributed by atoms with Crippen molar-refractivity contribution in [1.82, 2.24) is 5.32 Å². The van der Waals surface area contributed by atoms with Gasteiger partial charge < -0.3 is 5.32 Å². The smallest absolute Gasteiger partial charge is 0.127 e. The fourth-order valence-corrected chi connectivity index (χ4v) is 1.93. The minimum absolute atomic E-state index is 0.200. The van der Waals surface area contributed by atoms with Crippen LogP contribution in [0.2, 0.25) is 5.02 Å². The van der Waals surface area contributed by atoms with Crippen LogP contribution in [0.3, 0.4) is 0 Å². The Balaban J connectivity index is 2.77. The van der Waals surface area contributed by atoms with Gasteiger partial charge in [-0.05, 0) is 49.5 Å². The highest BCUT2D eigenvalue weighted by Crippen LogP contribution is 2.21. The van der Waals surface area contributed by atoms with Gasteiger partial charge >= 0.3 is 0 Å². The van der Waals surface area contributed by atoms with Crippen molar-refractivity contribution in [2.24, 2.45) is 11.8 Å². The van der Waals surface area contributed by atoms with Gasteiger partial charge in [-0.15, -0.1) is 0 Å². The van der Waals surface area contributed by atoms with Crippen molar-refractivity contribution in [2.75, 3.05) is 13.6 Å².